The Labute approximate surface area is 138 Å². The van der Waals surface area contributed by atoms with Crippen LogP contribution in [0.4, 0.5) is 10.6 Å². The van der Waals surface area contributed by atoms with Crippen LogP contribution in [0, 0.1) is 0 Å². The number of fused-ring (bicyclic) bond motifs is 3. The van der Waals surface area contributed by atoms with E-state index in [0.717, 1.165) is 21.7 Å². The predicted octanol–water partition coefficient (Wildman–Crippen LogP) is 4.78. The molecule has 0 aliphatic heterocycles. The first-order valence-electron chi connectivity index (χ1n) is 7.16. The van der Waals surface area contributed by atoms with Crippen molar-refractivity contribution in [1.82, 2.24) is 9.97 Å². The summed E-state index contributed by atoms with van der Waals surface area (Å²) in [7, 11) is 0. The zero-order valence-electron chi connectivity index (χ0n) is 13.1. The van der Waals surface area contributed by atoms with Crippen molar-refractivity contribution >= 4 is 45.2 Å². The molecule has 2 aromatic heterocycles. The fraction of sp³-hybridized carbons (Fsp3) is 0.235. The van der Waals surface area contributed by atoms with Crippen molar-refractivity contribution in [2.24, 2.45) is 0 Å². The smallest absolute Gasteiger partial charge is 0.413 e. The Bertz CT molecular complexity index is 903. The molecule has 0 bridgehead atoms. The van der Waals surface area contributed by atoms with Crippen LogP contribution in [0.3, 0.4) is 0 Å². The molecule has 6 heteroatoms. The van der Waals surface area contributed by atoms with Gasteiger partial charge in [-0.15, -0.1) is 0 Å². The van der Waals surface area contributed by atoms with Crippen LogP contribution in [0.1, 0.15) is 20.8 Å². The average molecular weight is 330 g/mol. The van der Waals surface area contributed by atoms with E-state index >= 15 is 0 Å². The molecule has 118 valence electrons. The van der Waals surface area contributed by atoms with Crippen molar-refractivity contribution in [3.8, 4) is 0 Å². The summed E-state index contributed by atoms with van der Waals surface area (Å²) in [4.78, 5) is 20.6. The van der Waals surface area contributed by atoms with E-state index in [9.17, 15) is 4.79 Å². The third-order valence-electron chi connectivity index (χ3n) is 3.19. The van der Waals surface area contributed by atoms with E-state index < -0.39 is 11.7 Å². The number of anilines is 1. The lowest BCUT2D eigenvalue weighted by molar-refractivity contribution is 0.0635. The molecule has 0 aliphatic carbocycles. The Morgan fingerprint density at radius 2 is 1.91 bits per heavy atom. The summed E-state index contributed by atoms with van der Waals surface area (Å²) in [6.45, 7) is 5.42. The van der Waals surface area contributed by atoms with E-state index in [-0.39, 0.29) is 0 Å². The normalized spacial score (nSPS) is 11.7. The zero-order chi connectivity index (χ0) is 16.6. The van der Waals surface area contributed by atoms with Crippen LogP contribution < -0.4 is 5.32 Å². The Morgan fingerprint density at radius 3 is 2.65 bits per heavy atom. The van der Waals surface area contributed by atoms with Crippen molar-refractivity contribution in [2.45, 2.75) is 26.4 Å². The Hall–Kier alpha value is -2.40. The number of carbonyl (C=O) groups excluding carboxylic acids is 1. The number of rotatable bonds is 1. The summed E-state index contributed by atoms with van der Waals surface area (Å²) in [5.41, 5.74) is 0.218. The lowest BCUT2D eigenvalue weighted by atomic mass is 10.1. The fourth-order valence-electron chi connectivity index (χ4n) is 2.31. The molecule has 1 aromatic carbocycles. The number of carbonyl (C=O) groups is 1. The molecule has 0 radical (unpaired) electrons. The summed E-state index contributed by atoms with van der Waals surface area (Å²) in [6, 6.07) is 7.40. The highest BCUT2D eigenvalue weighted by atomic mass is 35.5. The van der Waals surface area contributed by atoms with Gasteiger partial charge in [0.2, 0.25) is 0 Å². The van der Waals surface area contributed by atoms with Crippen LogP contribution >= 0.6 is 11.6 Å². The van der Waals surface area contributed by atoms with Crippen LogP contribution in [-0.4, -0.2) is 21.7 Å². The van der Waals surface area contributed by atoms with E-state index in [2.05, 4.69) is 15.3 Å². The second kappa shape index (κ2) is 5.66. The van der Waals surface area contributed by atoms with E-state index in [0.29, 0.717) is 10.8 Å². The maximum Gasteiger partial charge on any atom is 0.413 e. The van der Waals surface area contributed by atoms with E-state index in [1.165, 1.54) is 0 Å². The van der Waals surface area contributed by atoms with Crippen molar-refractivity contribution < 1.29 is 9.53 Å². The minimum absolute atomic E-state index is 0.418. The first-order valence-corrected chi connectivity index (χ1v) is 7.54. The molecule has 3 aromatic rings. The summed E-state index contributed by atoms with van der Waals surface area (Å²) in [5, 5.41) is 5.94. The lowest BCUT2D eigenvalue weighted by Crippen LogP contribution is -2.27. The molecule has 0 unspecified atom stereocenters. The number of hydrogen-bond acceptors (Lipinski definition) is 4. The predicted molar refractivity (Wildman–Crippen MR) is 91.9 cm³/mol. The molecule has 3 rings (SSSR count). The largest absolute Gasteiger partial charge is 0.444 e. The maximum atomic E-state index is 12.0. The summed E-state index contributed by atoms with van der Waals surface area (Å²) in [6.07, 6.45) is 2.77. The quantitative estimate of drug-likeness (QED) is 0.652. The lowest BCUT2D eigenvalue weighted by Gasteiger charge is -2.19. The number of amides is 1. The van der Waals surface area contributed by atoms with Crippen molar-refractivity contribution in [3.05, 3.63) is 41.7 Å². The van der Waals surface area contributed by atoms with Crippen LogP contribution in [0.15, 0.2) is 36.7 Å². The number of aromatic nitrogens is 2. The van der Waals surface area contributed by atoms with Crippen LogP contribution in [-0.2, 0) is 4.74 Å². The highest BCUT2D eigenvalue weighted by Crippen LogP contribution is 2.29. The molecule has 0 saturated heterocycles. The number of halogens is 1. The highest BCUT2D eigenvalue weighted by molar-refractivity contribution is 6.31. The van der Waals surface area contributed by atoms with Gasteiger partial charge < -0.3 is 4.74 Å². The number of nitrogens with one attached hydrogen (secondary N) is 1. The van der Waals surface area contributed by atoms with Gasteiger partial charge in [-0.05, 0) is 44.4 Å². The van der Waals surface area contributed by atoms with Gasteiger partial charge in [0, 0.05) is 28.2 Å². The van der Waals surface area contributed by atoms with Gasteiger partial charge in [-0.25, -0.2) is 9.78 Å². The highest BCUT2D eigenvalue weighted by Gasteiger charge is 2.17. The van der Waals surface area contributed by atoms with Gasteiger partial charge in [-0.2, -0.15) is 0 Å². The molecular weight excluding hydrogens is 314 g/mol. The Morgan fingerprint density at radius 1 is 1.13 bits per heavy atom. The minimum atomic E-state index is -0.573. The third-order valence-corrected chi connectivity index (χ3v) is 3.43. The average Bonchev–Trinajstić information content (AvgIpc) is 2.44. The molecule has 1 amide bonds. The van der Waals surface area contributed by atoms with Gasteiger partial charge in [0.1, 0.15) is 11.4 Å². The van der Waals surface area contributed by atoms with Crippen molar-refractivity contribution in [1.29, 1.82) is 0 Å². The molecule has 0 spiro atoms. The van der Waals surface area contributed by atoms with Crippen LogP contribution in [0.5, 0.6) is 0 Å². The fourth-order valence-corrected chi connectivity index (χ4v) is 2.48. The van der Waals surface area contributed by atoms with Gasteiger partial charge in [-0.3, -0.25) is 10.3 Å². The van der Waals surface area contributed by atoms with Gasteiger partial charge in [-0.1, -0.05) is 17.7 Å². The van der Waals surface area contributed by atoms with E-state index in [4.69, 9.17) is 16.3 Å². The molecule has 0 aliphatic rings. The maximum absolute atomic E-state index is 12.0. The summed E-state index contributed by atoms with van der Waals surface area (Å²) >= 11 is 6.01. The first-order chi connectivity index (χ1) is 10.8. The SMILES string of the molecule is CC(C)(C)OC(=O)Nc1nccc2c1cnc1cc(Cl)ccc12. The molecular formula is C17H16ClN3O2. The topological polar surface area (TPSA) is 64.1 Å². The molecule has 0 saturated carbocycles. The number of nitrogens with zero attached hydrogens (tertiary/aromatic N) is 2. The number of hydrogen-bond donors (Lipinski definition) is 1. The van der Waals surface area contributed by atoms with E-state index in [1.807, 2.05) is 39.0 Å². The second-order valence-electron chi connectivity index (χ2n) is 6.17. The molecule has 0 atom stereocenters. The van der Waals surface area contributed by atoms with Crippen LogP contribution in [0.25, 0.3) is 21.7 Å². The molecule has 23 heavy (non-hydrogen) atoms. The number of ether oxygens (including phenoxy) is 1. The first kappa shape index (κ1) is 15.5. The zero-order valence-corrected chi connectivity index (χ0v) is 13.8. The number of benzene rings is 1. The van der Waals surface area contributed by atoms with E-state index in [1.54, 1.807) is 18.5 Å². The summed E-state index contributed by atoms with van der Waals surface area (Å²) in [5.74, 6) is 0.418. The summed E-state index contributed by atoms with van der Waals surface area (Å²) < 4.78 is 5.27. The minimum Gasteiger partial charge on any atom is -0.444 e. The van der Waals surface area contributed by atoms with Crippen molar-refractivity contribution in [3.63, 3.8) is 0 Å². The number of pyridine rings is 2. The molecule has 1 N–H and O–H groups in total. The second-order valence-corrected chi connectivity index (χ2v) is 6.60. The monoisotopic (exact) mass is 329 g/mol. The standard InChI is InChI=1S/C17H16ClN3O2/c1-17(2,3)23-16(22)21-15-13-9-20-14-8-10(18)4-5-12(14)11(13)6-7-19-15/h4-9H,1-3H3,(H,19,21,22). The molecule has 5 nitrogen and oxygen atoms in total. The van der Waals surface area contributed by atoms with Gasteiger partial charge in [0.05, 0.1) is 5.52 Å². The Balaban J connectivity index is 2.05. The Kier molecular flexibility index (Phi) is 3.82. The van der Waals surface area contributed by atoms with Gasteiger partial charge >= 0.3 is 6.09 Å². The van der Waals surface area contributed by atoms with Crippen LogP contribution in [0.2, 0.25) is 5.02 Å². The molecule has 2 heterocycles. The van der Waals surface area contributed by atoms with Crippen molar-refractivity contribution in [2.75, 3.05) is 5.32 Å². The van der Waals surface area contributed by atoms with Gasteiger partial charge in [0.25, 0.3) is 0 Å². The third kappa shape index (κ3) is 3.35. The van der Waals surface area contributed by atoms with Gasteiger partial charge in [0.15, 0.2) is 0 Å². The molecule has 0 fully saturated rings.